The van der Waals surface area contributed by atoms with E-state index in [1.54, 1.807) is 12.1 Å². The molecule has 0 fully saturated rings. The smallest absolute Gasteiger partial charge is 0.407 e. The maximum Gasteiger partial charge on any atom is 0.407 e. The minimum absolute atomic E-state index is 0.0463. The highest BCUT2D eigenvalue weighted by molar-refractivity contribution is 5.84. The Balaban J connectivity index is 1.24. The SMILES string of the molecule is CC(Cc1c[nH]c2ccc(O)cc12)NC(=O)OCC1c2ccccc2-c2ccccc21. The normalized spacial score (nSPS) is 13.6. The second-order valence-corrected chi connectivity index (χ2v) is 8.12. The second-order valence-electron chi connectivity index (χ2n) is 8.12. The Kier molecular flexibility index (Phi) is 4.86. The Morgan fingerprint density at radius 3 is 2.45 bits per heavy atom. The van der Waals surface area contributed by atoms with E-state index in [0.29, 0.717) is 13.0 Å². The molecule has 31 heavy (non-hydrogen) atoms. The molecule has 4 aromatic rings. The quantitative estimate of drug-likeness (QED) is 0.414. The number of amides is 1. The first-order valence-corrected chi connectivity index (χ1v) is 10.5. The van der Waals surface area contributed by atoms with Crippen LogP contribution in [-0.2, 0) is 11.2 Å². The molecule has 1 aromatic heterocycles. The molecule has 156 valence electrons. The molecule has 1 aliphatic rings. The molecular formula is C26H24N2O3. The average Bonchev–Trinajstić information content (AvgIpc) is 3.31. The van der Waals surface area contributed by atoms with Crippen LogP contribution in [0.2, 0.25) is 0 Å². The van der Waals surface area contributed by atoms with Gasteiger partial charge in [0.1, 0.15) is 12.4 Å². The van der Waals surface area contributed by atoms with Crippen molar-refractivity contribution in [3.8, 4) is 16.9 Å². The number of aromatic amines is 1. The summed E-state index contributed by atoms with van der Waals surface area (Å²) in [6.45, 7) is 2.25. The van der Waals surface area contributed by atoms with Gasteiger partial charge in [0, 0.05) is 29.1 Å². The van der Waals surface area contributed by atoms with Crippen molar-refractivity contribution in [3.63, 3.8) is 0 Å². The van der Waals surface area contributed by atoms with Gasteiger partial charge in [0.15, 0.2) is 0 Å². The second kappa shape index (κ2) is 7.84. The van der Waals surface area contributed by atoms with Crippen molar-refractivity contribution in [3.05, 3.63) is 89.6 Å². The number of aromatic hydroxyl groups is 1. The molecule has 5 heteroatoms. The molecule has 0 saturated heterocycles. The maximum atomic E-state index is 12.5. The molecule has 5 nitrogen and oxygen atoms in total. The number of benzene rings is 3. The summed E-state index contributed by atoms with van der Waals surface area (Å²) in [5.74, 6) is 0.274. The monoisotopic (exact) mass is 412 g/mol. The Morgan fingerprint density at radius 1 is 1.06 bits per heavy atom. The Morgan fingerprint density at radius 2 is 1.74 bits per heavy atom. The topological polar surface area (TPSA) is 74.4 Å². The van der Waals surface area contributed by atoms with Gasteiger partial charge in [-0.05, 0) is 59.4 Å². The lowest BCUT2D eigenvalue weighted by atomic mass is 9.98. The number of ether oxygens (including phenoxy) is 1. The van der Waals surface area contributed by atoms with Crippen LogP contribution in [0.25, 0.3) is 22.0 Å². The van der Waals surface area contributed by atoms with Gasteiger partial charge in [0.05, 0.1) is 0 Å². The van der Waals surface area contributed by atoms with Crippen molar-refractivity contribution < 1.29 is 14.6 Å². The number of fused-ring (bicyclic) bond motifs is 4. The van der Waals surface area contributed by atoms with Gasteiger partial charge in [-0.3, -0.25) is 0 Å². The molecule has 1 unspecified atom stereocenters. The van der Waals surface area contributed by atoms with Crippen LogP contribution in [0.5, 0.6) is 5.75 Å². The van der Waals surface area contributed by atoms with Crippen LogP contribution in [0.4, 0.5) is 4.79 Å². The number of aromatic nitrogens is 1. The van der Waals surface area contributed by atoms with Crippen LogP contribution in [0.1, 0.15) is 29.5 Å². The molecule has 1 atom stereocenters. The van der Waals surface area contributed by atoms with Crippen molar-refractivity contribution in [1.82, 2.24) is 10.3 Å². The zero-order valence-corrected chi connectivity index (χ0v) is 17.3. The third kappa shape index (κ3) is 3.63. The summed E-state index contributed by atoms with van der Waals surface area (Å²) in [4.78, 5) is 15.7. The Labute approximate surface area is 180 Å². The molecule has 0 aliphatic heterocycles. The molecule has 3 N–H and O–H groups in total. The standard InChI is InChI=1S/C26H24N2O3/c1-16(12-17-14-27-25-11-10-18(29)13-23(17)25)28-26(30)31-15-24-21-8-4-2-6-19(21)20-7-3-5-9-22(20)24/h2-11,13-14,16,24,27,29H,12,15H2,1H3,(H,28,30). The van der Waals surface area contributed by atoms with Gasteiger partial charge in [0.25, 0.3) is 0 Å². The summed E-state index contributed by atoms with van der Waals surface area (Å²) in [6, 6.07) is 21.7. The van der Waals surface area contributed by atoms with E-state index in [2.05, 4.69) is 34.6 Å². The largest absolute Gasteiger partial charge is 0.508 e. The Hall–Kier alpha value is -3.73. The fraction of sp³-hybridized carbons (Fsp3) is 0.192. The molecular weight excluding hydrogens is 388 g/mol. The number of hydrogen-bond donors (Lipinski definition) is 3. The number of nitrogens with one attached hydrogen (secondary N) is 2. The maximum absolute atomic E-state index is 12.5. The van der Waals surface area contributed by atoms with E-state index in [1.165, 1.54) is 22.3 Å². The van der Waals surface area contributed by atoms with Gasteiger partial charge in [-0.1, -0.05) is 48.5 Å². The summed E-state index contributed by atoms with van der Waals surface area (Å²) in [5.41, 5.74) is 6.82. The third-order valence-electron chi connectivity index (χ3n) is 5.99. The van der Waals surface area contributed by atoms with Crippen molar-refractivity contribution in [1.29, 1.82) is 0 Å². The lowest BCUT2D eigenvalue weighted by molar-refractivity contribution is 0.139. The molecule has 0 bridgehead atoms. The minimum atomic E-state index is -0.419. The number of phenols is 1. The summed E-state index contributed by atoms with van der Waals surface area (Å²) >= 11 is 0. The molecule has 0 radical (unpaired) electrons. The van der Waals surface area contributed by atoms with Crippen LogP contribution in [0, 0.1) is 0 Å². The summed E-state index contributed by atoms with van der Waals surface area (Å²) in [7, 11) is 0. The van der Waals surface area contributed by atoms with Gasteiger partial charge in [-0.25, -0.2) is 4.79 Å². The van der Waals surface area contributed by atoms with Gasteiger partial charge in [0.2, 0.25) is 0 Å². The molecule has 3 aromatic carbocycles. The predicted octanol–water partition coefficient (Wildman–Crippen LogP) is 5.34. The number of H-pyrrole nitrogens is 1. The van der Waals surface area contributed by atoms with E-state index in [9.17, 15) is 9.90 Å². The summed E-state index contributed by atoms with van der Waals surface area (Å²) in [5, 5.41) is 13.7. The molecule has 0 saturated carbocycles. The van der Waals surface area contributed by atoms with Crippen LogP contribution in [0.15, 0.2) is 72.9 Å². The molecule has 1 aliphatic carbocycles. The molecule has 0 spiro atoms. The fourth-order valence-corrected chi connectivity index (χ4v) is 4.56. The highest BCUT2D eigenvalue weighted by atomic mass is 16.5. The number of hydrogen-bond acceptors (Lipinski definition) is 3. The zero-order chi connectivity index (χ0) is 21.4. The van der Waals surface area contributed by atoms with Crippen molar-refractivity contribution in [2.24, 2.45) is 0 Å². The van der Waals surface area contributed by atoms with E-state index < -0.39 is 6.09 Å². The van der Waals surface area contributed by atoms with Gasteiger partial charge in [-0.2, -0.15) is 0 Å². The lowest BCUT2D eigenvalue weighted by Crippen LogP contribution is -2.35. The van der Waals surface area contributed by atoms with Crippen molar-refractivity contribution in [2.75, 3.05) is 6.61 Å². The third-order valence-corrected chi connectivity index (χ3v) is 5.99. The van der Waals surface area contributed by atoms with E-state index in [1.807, 2.05) is 43.5 Å². The first kappa shape index (κ1) is 19.2. The van der Waals surface area contributed by atoms with E-state index in [-0.39, 0.29) is 17.7 Å². The highest BCUT2D eigenvalue weighted by Crippen LogP contribution is 2.44. The summed E-state index contributed by atoms with van der Waals surface area (Å²) in [6.07, 6.45) is 2.13. The van der Waals surface area contributed by atoms with Crippen LogP contribution in [-0.4, -0.2) is 28.8 Å². The number of rotatable bonds is 5. The lowest BCUT2D eigenvalue weighted by Gasteiger charge is -2.17. The minimum Gasteiger partial charge on any atom is -0.508 e. The molecule has 5 rings (SSSR count). The van der Waals surface area contributed by atoms with E-state index in [0.717, 1.165) is 16.5 Å². The van der Waals surface area contributed by atoms with Gasteiger partial charge < -0.3 is 20.1 Å². The van der Waals surface area contributed by atoms with Crippen molar-refractivity contribution >= 4 is 17.0 Å². The van der Waals surface area contributed by atoms with E-state index in [4.69, 9.17) is 4.74 Å². The number of phenolic OH excluding ortho intramolecular Hbond substituents is 1. The Bertz CT molecular complexity index is 1210. The first-order chi connectivity index (χ1) is 15.1. The van der Waals surface area contributed by atoms with Gasteiger partial charge in [-0.15, -0.1) is 0 Å². The van der Waals surface area contributed by atoms with Crippen LogP contribution < -0.4 is 5.32 Å². The average molecular weight is 412 g/mol. The first-order valence-electron chi connectivity index (χ1n) is 10.5. The summed E-state index contributed by atoms with van der Waals surface area (Å²) < 4.78 is 5.64. The van der Waals surface area contributed by atoms with Gasteiger partial charge >= 0.3 is 6.09 Å². The van der Waals surface area contributed by atoms with Crippen LogP contribution >= 0.6 is 0 Å². The van der Waals surface area contributed by atoms with Crippen molar-refractivity contribution in [2.45, 2.75) is 25.3 Å². The molecule has 1 heterocycles. The number of carbonyl (C=O) groups is 1. The molecule has 1 amide bonds. The van der Waals surface area contributed by atoms with E-state index >= 15 is 0 Å². The zero-order valence-electron chi connectivity index (χ0n) is 17.3. The number of carbonyl (C=O) groups excluding carboxylic acids is 1. The fourth-order valence-electron chi connectivity index (χ4n) is 4.56. The van der Waals surface area contributed by atoms with Crippen LogP contribution in [0.3, 0.4) is 0 Å². The number of alkyl carbamates (subject to hydrolysis) is 1. The predicted molar refractivity (Wildman–Crippen MR) is 121 cm³/mol. The highest BCUT2D eigenvalue weighted by Gasteiger charge is 2.29.